The van der Waals surface area contributed by atoms with E-state index in [0.29, 0.717) is 16.3 Å². The van der Waals surface area contributed by atoms with Crippen LogP contribution in [0.25, 0.3) is 0 Å². The van der Waals surface area contributed by atoms with Gasteiger partial charge in [0.05, 0.1) is 10.6 Å². The van der Waals surface area contributed by atoms with Crippen molar-refractivity contribution in [3.05, 3.63) is 88.9 Å². The number of carbonyl (C=O) groups excluding carboxylic acids is 2. The van der Waals surface area contributed by atoms with Gasteiger partial charge in [0, 0.05) is 22.5 Å². The van der Waals surface area contributed by atoms with Gasteiger partial charge in [0.25, 0.3) is 10.0 Å². The largest absolute Gasteiger partial charge is 0.352 e. The first kappa shape index (κ1) is 31.5. The van der Waals surface area contributed by atoms with Crippen LogP contribution >= 0.6 is 23.4 Å². The summed E-state index contributed by atoms with van der Waals surface area (Å²) in [5.41, 5.74) is 1.95. The Hall–Kier alpha value is -3.01. The van der Waals surface area contributed by atoms with Gasteiger partial charge in [0.2, 0.25) is 11.8 Å². The normalized spacial score (nSPS) is 12.8. The Morgan fingerprint density at radius 1 is 0.975 bits per heavy atom. The first-order chi connectivity index (χ1) is 19.0. The minimum absolute atomic E-state index is 0.0395. The smallest absolute Gasteiger partial charge is 0.264 e. The molecule has 0 aliphatic carbocycles. The van der Waals surface area contributed by atoms with Gasteiger partial charge >= 0.3 is 0 Å². The van der Waals surface area contributed by atoms with E-state index in [1.807, 2.05) is 27.0 Å². The van der Waals surface area contributed by atoms with Crippen LogP contribution in [0.5, 0.6) is 0 Å². The lowest BCUT2D eigenvalue weighted by molar-refractivity contribution is -0.139. The summed E-state index contributed by atoms with van der Waals surface area (Å²) in [6.45, 7) is 6.92. The molecule has 0 saturated carbocycles. The molecule has 0 saturated heterocycles. The number of carbonyl (C=O) groups is 2. The highest BCUT2D eigenvalue weighted by Gasteiger charge is 2.33. The van der Waals surface area contributed by atoms with Gasteiger partial charge in [-0.05, 0) is 81.5 Å². The highest BCUT2D eigenvalue weighted by Crippen LogP contribution is 2.27. The molecular weight excluding hydrogens is 566 g/mol. The molecule has 3 rings (SSSR count). The fraction of sp³-hybridized carbons (Fsp3) is 0.333. The number of hydrogen-bond donors (Lipinski definition) is 1. The summed E-state index contributed by atoms with van der Waals surface area (Å²) in [4.78, 5) is 29.5. The highest BCUT2D eigenvalue weighted by molar-refractivity contribution is 7.98. The molecule has 2 amide bonds. The molecule has 1 N–H and O–H groups in total. The van der Waals surface area contributed by atoms with Gasteiger partial charge in [-0.2, -0.15) is 0 Å². The average Bonchev–Trinajstić information content (AvgIpc) is 2.95. The van der Waals surface area contributed by atoms with Gasteiger partial charge in [-0.1, -0.05) is 54.4 Å². The second kappa shape index (κ2) is 14.1. The minimum Gasteiger partial charge on any atom is -0.352 e. The summed E-state index contributed by atoms with van der Waals surface area (Å²) in [6.07, 6.45) is 2.64. The van der Waals surface area contributed by atoms with Gasteiger partial charge in [0.15, 0.2) is 0 Å². The van der Waals surface area contributed by atoms with E-state index in [-0.39, 0.29) is 23.4 Å². The Morgan fingerprint density at radius 2 is 1.60 bits per heavy atom. The Bertz CT molecular complexity index is 1410. The minimum atomic E-state index is -4.12. The first-order valence-electron chi connectivity index (χ1n) is 13.0. The Morgan fingerprint density at radius 3 is 2.17 bits per heavy atom. The van der Waals surface area contributed by atoms with Crippen LogP contribution in [0.1, 0.15) is 38.3 Å². The molecule has 40 heavy (non-hydrogen) atoms. The molecule has 0 spiro atoms. The van der Waals surface area contributed by atoms with Crippen LogP contribution in [-0.4, -0.2) is 50.0 Å². The summed E-state index contributed by atoms with van der Waals surface area (Å²) >= 11 is 7.92. The quantitative estimate of drug-likeness (QED) is 0.261. The van der Waals surface area contributed by atoms with E-state index in [4.69, 9.17) is 11.6 Å². The number of rotatable bonds is 12. The van der Waals surface area contributed by atoms with Crippen LogP contribution in [0.4, 0.5) is 5.69 Å². The van der Waals surface area contributed by atoms with Crippen LogP contribution in [-0.2, 0) is 26.2 Å². The Kier molecular flexibility index (Phi) is 11.1. The van der Waals surface area contributed by atoms with E-state index in [1.54, 1.807) is 67.6 Å². The fourth-order valence-corrected chi connectivity index (χ4v) is 5.99. The Labute approximate surface area is 247 Å². The zero-order valence-electron chi connectivity index (χ0n) is 23.4. The van der Waals surface area contributed by atoms with Crippen molar-refractivity contribution in [2.75, 3.05) is 17.1 Å². The highest BCUT2D eigenvalue weighted by atomic mass is 35.5. The molecule has 0 aromatic heterocycles. The number of halogens is 1. The molecular formula is C30H36ClN3O4S2. The lowest BCUT2D eigenvalue weighted by Crippen LogP contribution is -2.52. The lowest BCUT2D eigenvalue weighted by atomic mass is 10.1. The molecule has 10 heteroatoms. The van der Waals surface area contributed by atoms with E-state index >= 15 is 0 Å². The van der Waals surface area contributed by atoms with Crippen molar-refractivity contribution < 1.29 is 18.0 Å². The Balaban J connectivity index is 2.03. The summed E-state index contributed by atoms with van der Waals surface area (Å²) in [5, 5.41) is 3.37. The molecule has 3 aromatic carbocycles. The maximum Gasteiger partial charge on any atom is 0.264 e. The summed E-state index contributed by atoms with van der Waals surface area (Å²) in [7, 11) is -4.12. The van der Waals surface area contributed by atoms with Crippen molar-refractivity contribution in [1.29, 1.82) is 0 Å². The van der Waals surface area contributed by atoms with Crippen LogP contribution in [0.3, 0.4) is 0 Å². The summed E-state index contributed by atoms with van der Waals surface area (Å²) in [6, 6.07) is 19.6. The monoisotopic (exact) mass is 601 g/mol. The van der Waals surface area contributed by atoms with Crippen molar-refractivity contribution >= 4 is 50.9 Å². The lowest BCUT2D eigenvalue weighted by Gasteiger charge is -2.32. The molecule has 0 heterocycles. The second-order valence-corrected chi connectivity index (χ2v) is 12.8. The van der Waals surface area contributed by atoms with Gasteiger partial charge in [-0.3, -0.25) is 13.9 Å². The molecule has 0 aliphatic rings. The van der Waals surface area contributed by atoms with E-state index < -0.39 is 28.5 Å². The van der Waals surface area contributed by atoms with Crippen molar-refractivity contribution in [1.82, 2.24) is 10.2 Å². The first-order valence-corrected chi connectivity index (χ1v) is 16.1. The SMILES string of the molecule is CC[C@H](C)NC(=O)[C@@H](C)N(Cc1ccccc1Cl)C(=O)CN(c1ccc(C)cc1)S(=O)(=O)c1ccc(SC)cc1. The standard InChI is InChI=1S/C30H36ClN3O4S2/c1-6-22(3)32-30(36)23(4)33(19-24-9-7-8-10-28(24)31)29(35)20-34(25-13-11-21(2)12-14-25)40(37,38)27-17-15-26(39-5)16-18-27/h7-18,22-23H,6,19-20H2,1-5H3,(H,32,36)/t22-,23+/m0/s1. The van der Waals surface area contributed by atoms with Gasteiger partial charge < -0.3 is 10.2 Å². The van der Waals surface area contributed by atoms with Crippen molar-refractivity contribution in [3.8, 4) is 0 Å². The number of amides is 2. The van der Waals surface area contributed by atoms with Crippen LogP contribution in [0.15, 0.2) is 82.6 Å². The van der Waals surface area contributed by atoms with E-state index in [1.165, 1.54) is 28.8 Å². The predicted molar refractivity (Wildman–Crippen MR) is 163 cm³/mol. The van der Waals surface area contributed by atoms with E-state index in [2.05, 4.69) is 5.32 Å². The van der Waals surface area contributed by atoms with Crippen molar-refractivity contribution in [3.63, 3.8) is 0 Å². The summed E-state index contributed by atoms with van der Waals surface area (Å²) < 4.78 is 28.9. The maximum atomic E-state index is 14.0. The molecule has 0 aliphatic heterocycles. The topological polar surface area (TPSA) is 86.8 Å². The van der Waals surface area contributed by atoms with Crippen LogP contribution in [0, 0.1) is 6.92 Å². The maximum absolute atomic E-state index is 14.0. The number of nitrogens with one attached hydrogen (secondary N) is 1. The van der Waals surface area contributed by atoms with Crippen molar-refractivity contribution in [2.24, 2.45) is 0 Å². The second-order valence-electron chi connectivity index (χ2n) is 9.63. The molecule has 2 atom stereocenters. The zero-order chi connectivity index (χ0) is 29.4. The predicted octanol–water partition coefficient (Wildman–Crippen LogP) is 5.90. The molecule has 7 nitrogen and oxygen atoms in total. The molecule has 214 valence electrons. The number of sulfonamides is 1. The zero-order valence-corrected chi connectivity index (χ0v) is 25.8. The molecule has 0 unspecified atom stereocenters. The number of benzene rings is 3. The average molecular weight is 602 g/mol. The van der Waals surface area contributed by atoms with Gasteiger partial charge in [-0.25, -0.2) is 8.42 Å². The van der Waals surface area contributed by atoms with Crippen LogP contribution in [0.2, 0.25) is 5.02 Å². The molecule has 0 radical (unpaired) electrons. The van der Waals surface area contributed by atoms with Gasteiger partial charge in [-0.15, -0.1) is 11.8 Å². The number of nitrogens with zero attached hydrogens (tertiary/aromatic N) is 2. The summed E-state index contributed by atoms with van der Waals surface area (Å²) in [5.74, 6) is -0.858. The fourth-order valence-electron chi connectivity index (χ4n) is 3.97. The number of aryl methyl sites for hydroxylation is 1. The van der Waals surface area contributed by atoms with Crippen LogP contribution < -0.4 is 9.62 Å². The number of hydrogen-bond acceptors (Lipinski definition) is 5. The third-order valence-electron chi connectivity index (χ3n) is 6.72. The third kappa shape index (κ3) is 7.80. The third-order valence-corrected chi connectivity index (χ3v) is 9.62. The molecule has 3 aromatic rings. The van der Waals surface area contributed by atoms with Crippen molar-refractivity contribution in [2.45, 2.75) is 62.5 Å². The molecule has 0 fully saturated rings. The van der Waals surface area contributed by atoms with E-state index in [0.717, 1.165) is 21.2 Å². The number of thioether (sulfide) groups is 1. The van der Waals surface area contributed by atoms with E-state index in [9.17, 15) is 18.0 Å². The van der Waals surface area contributed by atoms with Gasteiger partial charge in [0.1, 0.15) is 12.6 Å². The molecule has 0 bridgehead atoms. The number of anilines is 1.